The molecule has 0 saturated carbocycles. The van der Waals surface area contributed by atoms with Crippen LogP contribution >= 0.6 is 0 Å². The van der Waals surface area contributed by atoms with Gasteiger partial charge in [0.15, 0.2) is 5.96 Å². The van der Waals surface area contributed by atoms with Crippen LogP contribution in [0.2, 0.25) is 0 Å². The minimum Gasteiger partial charge on any atom is -0.378 e. The van der Waals surface area contributed by atoms with Gasteiger partial charge in [0, 0.05) is 52.3 Å². The minimum absolute atomic E-state index is 0.668. The molecule has 1 heterocycles. The standard InChI is InChI=1S/C19H29N5/c1-6-20-19(24(5)15-18-11-8-12-23(18)4)21-14-16-9-7-10-17(13-16)22(2)3/h7-13H,6,14-15H2,1-5H3,(H,20,21). The van der Waals surface area contributed by atoms with Gasteiger partial charge in [-0.3, -0.25) is 0 Å². The molecule has 2 rings (SSSR count). The third kappa shape index (κ3) is 4.78. The molecule has 0 amide bonds. The first-order chi connectivity index (χ1) is 11.5. The van der Waals surface area contributed by atoms with Crippen molar-refractivity contribution >= 4 is 11.6 Å². The Morgan fingerprint density at radius 2 is 1.96 bits per heavy atom. The zero-order chi connectivity index (χ0) is 17.5. The quantitative estimate of drug-likeness (QED) is 0.654. The molecular formula is C19H29N5. The van der Waals surface area contributed by atoms with Gasteiger partial charge in [-0.1, -0.05) is 12.1 Å². The number of guanidine groups is 1. The lowest BCUT2D eigenvalue weighted by atomic mass is 10.2. The van der Waals surface area contributed by atoms with Crippen molar-refractivity contribution < 1.29 is 0 Å². The molecule has 1 aromatic carbocycles. The van der Waals surface area contributed by atoms with Gasteiger partial charge in [-0.15, -0.1) is 0 Å². The predicted octanol–water partition coefficient (Wildman–Crippen LogP) is 2.69. The van der Waals surface area contributed by atoms with E-state index in [1.165, 1.54) is 16.9 Å². The number of hydrogen-bond acceptors (Lipinski definition) is 2. The van der Waals surface area contributed by atoms with Crippen LogP contribution in [0.4, 0.5) is 5.69 Å². The number of anilines is 1. The normalized spacial score (nSPS) is 11.5. The fourth-order valence-corrected chi connectivity index (χ4v) is 2.55. The van der Waals surface area contributed by atoms with Crippen molar-refractivity contribution in [3.8, 4) is 0 Å². The fraction of sp³-hybridized carbons (Fsp3) is 0.421. The number of rotatable bonds is 6. The molecule has 1 N–H and O–H groups in total. The Kier molecular flexibility index (Phi) is 6.29. The molecule has 5 nitrogen and oxygen atoms in total. The summed E-state index contributed by atoms with van der Waals surface area (Å²) in [6.07, 6.45) is 2.07. The summed E-state index contributed by atoms with van der Waals surface area (Å²) in [4.78, 5) is 9.07. The lowest BCUT2D eigenvalue weighted by molar-refractivity contribution is 0.462. The van der Waals surface area contributed by atoms with Crippen molar-refractivity contribution in [3.63, 3.8) is 0 Å². The van der Waals surface area contributed by atoms with Crippen LogP contribution in [-0.4, -0.2) is 43.1 Å². The number of nitrogens with one attached hydrogen (secondary N) is 1. The Morgan fingerprint density at radius 1 is 1.17 bits per heavy atom. The van der Waals surface area contributed by atoms with E-state index in [9.17, 15) is 0 Å². The zero-order valence-corrected chi connectivity index (χ0v) is 15.5. The van der Waals surface area contributed by atoms with Gasteiger partial charge in [0.1, 0.15) is 0 Å². The lowest BCUT2D eigenvalue weighted by Gasteiger charge is -2.22. The second-order valence-electron chi connectivity index (χ2n) is 6.20. The van der Waals surface area contributed by atoms with Gasteiger partial charge in [0.05, 0.1) is 13.1 Å². The minimum atomic E-state index is 0.668. The lowest BCUT2D eigenvalue weighted by Crippen LogP contribution is -2.38. The van der Waals surface area contributed by atoms with Gasteiger partial charge in [0.25, 0.3) is 0 Å². The first-order valence-corrected chi connectivity index (χ1v) is 8.37. The van der Waals surface area contributed by atoms with Gasteiger partial charge in [0.2, 0.25) is 0 Å². The van der Waals surface area contributed by atoms with Crippen LogP contribution in [0.5, 0.6) is 0 Å². The largest absolute Gasteiger partial charge is 0.378 e. The number of aryl methyl sites for hydroxylation is 1. The van der Waals surface area contributed by atoms with Crippen molar-refractivity contribution in [2.24, 2.45) is 12.0 Å². The third-order valence-electron chi connectivity index (χ3n) is 3.99. The summed E-state index contributed by atoms with van der Waals surface area (Å²) >= 11 is 0. The highest BCUT2D eigenvalue weighted by Crippen LogP contribution is 2.14. The Labute approximate surface area is 145 Å². The average Bonchev–Trinajstić information content (AvgIpc) is 2.96. The summed E-state index contributed by atoms with van der Waals surface area (Å²) in [6.45, 7) is 4.45. The number of benzene rings is 1. The predicted molar refractivity (Wildman–Crippen MR) is 102 cm³/mol. The molecular weight excluding hydrogens is 298 g/mol. The molecule has 0 fully saturated rings. The van der Waals surface area contributed by atoms with Crippen LogP contribution in [0.25, 0.3) is 0 Å². The summed E-state index contributed by atoms with van der Waals surface area (Å²) in [5.41, 5.74) is 3.67. The van der Waals surface area contributed by atoms with E-state index in [1.807, 2.05) is 0 Å². The van der Waals surface area contributed by atoms with Crippen LogP contribution in [0.3, 0.4) is 0 Å². The van der Waals surface area contributed by atoms with E-state index in [4.69, 9.17) is 4.99 Å². The molecule has 0 aliphatic heterocycles. The maximum atomic E-state index is 4.80. The van der Waals surface area contributed by atoms with E-state index >= 15 is 0 Å². The Hall–Kier alpha value is -2.43. The van der Waals surface area contributed by atoms with Crippen molar-refractivity contribution in [2.75, 3.05) is 32.6 Å². The van der Waals surface area contributed by atoms with Crippen LogP contribution in [-0.2, 0) is 20.1 Å². The molecule has 0 aliphatic carbocycles. The highest BCUT2D eigenvalue weighted by Gasteiger charge is 2.08. The highest BCUT2D eigenvalue weighted by atomic mass is 15.3. The maximum Gasteiger partial charge on any atom is 0.194 e. The first-order valence-electron chi connectivity index (χ1n) is 8.37. The molecule has 0 atom stereocenters. The monoisotopic (exact) mass is 327 g/mol. The van der Waals surface area contributed by atoms with E-state index in [0.717, 1.165) is 19.0 Å². The number of aromatic nitrogens is 1. The van der Waals surface area contributed by atoms with Crippen molar-refractivity contribution in [1.29, 1.82) is 0 Å². The molecule has 130 valence electrons. The van der Waals surface area contributed by atoms with Crippen LogP contribution in [0.15, 0.2) is 47.6 Å². The molecule has 0 radical (unpaired) electrons. The Balaban J connectivity index is 2.09. The van der Waals surface area contributed by atoms with E-state index in [-0.39, 0.29) is 0 Å². The topological polar surface area (TPSA) is 35.8 Å². The van der Waals surface area contributed by atoms with Crippen LogP contribution in [0, 0.1) is 0 Å². The molecule has 1 aromatic heterocycles. The summed E-state index contributed by atoms with van der Waals surface area (Å²) in [6, 6.07) is 12.7. The molecule has 5 heteroatoms. The second-order valence-corrected chi connectivity index (χ2v) is 6.20. The van der Waals surface area contributed by atoms with E-state index in [1.54, 1.807) is 0 Å². The van der Waals surface area contributed by atoms with Gasteiger partial charge in [-0.2, -0.15) is 0 Å². The Morgan fingerprint density at radius 3 is 2.58 bits per heavy atom. The van der Waals surface area contributed by atoms with Gasteiger partial charge in [-0.05, 0) is 36.8 Å². The molecule has 0 saturated heterocycles. The van der Waals surface area contributed by atoms with Crippen molar-refractivity contribution in [2.45, 2.75) is 20.0 Å². The molecule has 24 heavy (non-hydrogen) atoms. The van der Waals surface area contributed by atoms with E-state index < -0.39 is 0 Å². The van der Waals surface area contributed by atoms with Gasteiger partial charge in [-0.25, -0.2) is 4.99 Å². The second kappa shape index (κ2) is 8.43. The number of nitrogens with zero attached hydrogens (tertiary/aromatic N) is 4. The number of aliphatic imine (C=N–C) groups is 1. The Bertz CT molecular complexity index is 672. The fourth-order valence-electron chi connectivity index (χ4n) is 2.55. The van der Waals surface area contributed by atoms with E-state index in [2.05, 4.69) is 97.4 Å². The smallest absolute Gasteiger partial charge is 0.194 e. The van der Waals surface area contributed by atoms with Crippen molar-refractivity contribution in [3.05, 3.63) is 53.9 Å². The zero-order valence-electron chi connectivity index (χ0n) is 15.5. The summed E-state index contributed by atoms with van der Waals surface area (Å²) < 4.78 is 2.14. The summed E-state index contributed by atoms with van der Waals surface area (Å²) in [5, 5.41) is 3.38. The summed E-state index contributed by atoms with van der Waals surface area (Å²) in [7, 11) is 8.25. The van der Waals surface area contributed by atoms with E-state index in [0.29, 0.717) is 6.54 Å². The highest BCUT2D eigenvalue weighted by molar-refractivity contribution is 5.79. The SMILES string of the molecule is CCNC(=NCc1cccc(N(C)C)c1)N(C)Cc1cccn1C. The molecule has 0 bridgehead atoms. The van der Waals surface area contributed by atoms with Crippen LogP contribution < -0.4 is 10.2 Å². The van der Waals surface area contributed by atoms with Gasteiger partial charge < -0.3 is 19.7 Å². The average molecular weight is 327 g/mol. The molecule has 0 unspecified atom stereocenters. The van der Waals surface area contributed by atoms with Gasteiger partial charge >= 0.3 is 0 Å². The molecule has 0 aliphatic rings. The molecule has 2 aromatic rings. The molecule has 0 spiro atoms. The van der Waals surface area contributed by atoms with Crippen LogP contribution in [0.1, 0.15) is 18.2 Å². The first kappa shape index (κ1) is 17.9. The third-order valence-corrected chi connectivity index (χ3v) is 3.99. The maximum absolute atomic E-state index is 4.80. The van der Waals surface area contributed by atoms with Crippen molar-refractivity contribution in [1.82, 2.24) is 14.8 Å². The number of hydrogen-bond donors (Lipinski definition) is 1. The summed E-state index contributed by atoms with van der Waals surface area (Å²) in [5.74, 6) is 0.925.